The van der Waals surface area contributed by atoms with Crippen LogP contribution in [0.25, 0.3) is 0 Å². The maximum atomic E-state index is 12.4. The Labute approximate surface area is 398 Å². The molecule has 0 rings (SSSR count). The van der Waals surface area contributed by atoms with Gasteiger partial charge in [-0.3, -0.25) is 33.6 Å². The molecule has 1 unspecified atom stereocenters. The highest BCUT2D eigenvalue weighted by Gasteiger charge is 2.21. The molecule has 0 radical (unpaired) electrons. The third-order valence-corrected chi connectivity index (χ3v) is 10.3. The molecule has 0 bridgehead atoms. The van der Waals surface area contributed by atoms with Gasteiger partial charge in [0.1, 0.15) is 19.3 Å². The van der Waals surface area contributed by atoms with Crippen molar-refractivity contribution in [3.63, 3.8) is 0 Å². The first-order valence-electron chi connectivity index (χ1n) is 24.8. The van der Waals surface area contributed by atoms with Crippen LogP contribution >= 0.6 is 0 Å². The quantitative estimate of drug-likeness (QED) is 0.0404. The summed E-state index contributed by atoms with van der Waals surface area (Å²) in [7, 11) is 0. The van der Waals surface area contributed by atoms with Gasteiger partial charge < -0.3 is 61.1 Å². The van der Waals surface area contributed by atoms with Crippen LogP contribution in [0.2, 0.25) is 0 Å². The van der Waals surface area contributed by atoms with Gasteiger partial charge in [-0.15, -0.1) is 0 Å². The number of aliphatic carboxylic acids is 2. The number of carboxylic acids is 2. The van der Waals surface area contributed by atoms with Crippen LogP contribution < -0.4 is 31.9 Å². The van der Waals surface area contributed by atoms with Gasteiger partial charge >= 0.3 is 11.9 Å². The van der Waals surface area contributed by atoms with Gasteiger partial charge in [-0.2, -0.15) is 0 Å². The van der Waals surface area contributed by atoms with Crippen molar-refractivity contribution in [2.24, 2.45) is 0 Å². The molecule has 0 aliphatic carbocycles. The number of ether oxygens (including phenoxy) is 4. The predicted octanol–water partition coefficient (Wildman–Crippen LogP) is 3.67. The average molecular weight is 959 g/mol. The van der Waals surface area contributed by atoms with E-state index < -0.39 is 29.8 Å². The molecule has 1 atom stereocenters. The summed E-state index contributed by atoms with van der Waals surface area (Å²) in [6, 6.07) is -1.23. The van der Waals surface area contributed by atoms with Gasteiger partial charge in [0, 0.05) is 64.8 Å². The zero-order chi connectivity index (χ0) is 49.4. The zero-order valence-electron chi connectivity index (χ0n) is 40.5. The number of carboxylic acid groups (broad SMARTS) is 2. The lowest BCUT2D eigenvalue weighted by Crippen LogP contribution is -2.41. The lowest BCUT2D eigenvalue weighted by molar-refractivity contribution is -0.142. The average Bonchev–Trinajstić information content (AvgIpc) is 3.29. The zero-order valence-corrected chi connectivity index (χ0v) is 40.5. The van der Waals surface area contributed by atoms with Crippen LogP contribution in [0, 0.1) is 0 Å². The molecule has 20 heteroatoms. The first-order valence-corrected chi connectivity index (χ1v) is 24.8. The molecule has 0 saturated heterocycles. The van der Waals surface area contributed by atoms with Crippen LogP contribution in [0.3, 0.4) is 0 Å². The van der Waals surface area contributed by atoms with Crippen molar-refractivity contribution in [2.75, 3.05) is 85.6 Å². The number of rotatable bonds is 49. The van der Waals surface area contributed by atoms with Gasteiger partial charge in [-0.05, 0) is 38.5 Å². The molecule has 0 aromatic carbocycles. The van der Waals surface area contributed by atoms with E-state index in [9.17, 15) is 43.5 Å². The van der Waals surface area contributed by atoms with Crippen molar-refractivity contribution in [1.82, 2.24) is 31.9 Å². The molecule has 8 N–H and O–H groups in total. The summed E-state index contributed by atoms with van der Waals surface area (Å²) >= 11 is 0. The normalized spacial score (nSPS) is 11.4. The summed E-state index contributed by atoms with van der Waals surface area (Å²) in [4.78, 5) is 94.5. The highest BCUT2D eigenvalue weighted by molar-refractivity contribution is 5.84. The van der Waals surface area contributed by atoms with E-state index in [2.05, 4.69) is 31.9 Å². The minimum Gasteiger partial charge on any atom is -0.481 e. The first-order chi connectivity index (χ1) is 32.4. The molecular weight excluding hydrogens is 873 g/mol. The van der Waals surface area contributed by atoms with Crippen molar-refractivity contribution in [1.29, 1.82) is 0 Å². The van der Waals surface area contributed by atoms with Gasteiger partial charge in [0.2, 0.25) is 35.4 Å². The van der Waals surface area contributed by atoms with E-state index in [-0.39, 0.29) is 108 Å². The largest absolute Gasteiger partial charge is 0.481 e. The van der Waals surface area contributed by atoms with Crippen LogP contribution in [0.4, 0.5) is 0 Å². The standard InChI is InChI=1S/C47H86N6O14/c1-2-3-26-50-44(58)37-66-35-34-65-32-30-52-45(59)38-67-36-33-64-31-29-51-41(55)21-18-27-49-42(56)25-24-39(47(62)63)53-43(57)22-19-28-48-40(54)20-16-14-12-10-8-6-4-5-7-9-11-13-15-17-23-46(60)61/h39H,2-38H2,1H3,(H,48,54)(H,49,56)(H,50,58)(H,51,55)(H,52,59)(H,53,57)(H,60,61)(H,62,63). The van der Waals surface area contributed by atoms with Crippen molar-refractivity contribution in [3.05, 3.63) is 0 Å². The Hall–Kier alpha value is -4.40. The Balaban J connectivity index is 3.71. The number of nitrogens with one attached hydrogen (secondary N) is 6. The molecule has 6 amide bonds. The summed E-state index contributed by atoms with van der Waals surface area (Å²) in [5, 5.41) is 34.2. The van der Waals surface area contributed by atoms with Crippen LogP contribution in [-0.2, 0) is 57.3 Å². The number of amides is 6. The Morgan fingerprint density at radius 3 is 1.19 bits per heavy atom. The number of carbonyl (C=O) groups excluding carboxylic acids is 6. The molecule has 0 aliphatic heterocycles. The molecule has 0 aliphatic rings. The smallest absolute Gasteiger partial charge is 0.326 e. The summed E-state index contributed by atoms with van der Waals surface area (Å²) < 4.78 is 21.3. The van der Waals surface area contributed by atoms with Crippen molar-refractivity contribution in [3.8, 4) is 0 Å². The van der Waals surface area contributed by atoms with Gasteiger partial charge in [0.15, 0.2) is 0 Å². The van der Waals surface area contributed by atoms with E-state index in [1.54, 1.807) is 0 Å². The maximum absolute atomic E-state index is 12.4. The Morgan fingerprint density at radius 2 is 0.731 bits per heavy atom. The Kier molecular flexibility index (Phi) is 43.6. The van der Waals surface area contributed by atoms with E-state index in [1.165, 1.54) is 44.9 Å². The summed E-state index contributed by atoms with van der Waals surface area (Å²) in [5.41, 5.74) is 0. The lowest BCUT2D eigenvalue weighted by Gasteiger charge is -2.14. The molecule has 0 fully saturated rings. The second kappa shape index (κ2) is 46.7. The molecular formula is C47H86N6O14. The van der Waals surface area contributed by atoms with E-state index in [0.29, 0.717) is 52.1 Å². The molecule has 20 nitrogen and oxygen atoms in total. The van der Waals surface area contributed by atoms with E-state index in [0.717, 1.165) is 57.8 Å². The minimum atomic E-state index is -1.25. The number of unbranched alkanes of at least 4 members (excludes halogenated alkanes) is 14. The molecule has 67 heavy (non-hydrogen) atoms. The maximum Gasteiger partial charge on any atom is 0.326 e. The monoisotopic (exact) mass is 959 g/mol. The van der Waals surface area contributed by atoms with E-state index in [4.69, 9.17) is 24.1 Å². The van der Waals surface area contributed by atoms with Crippen molar-refractivity contribution < 1.29 is 67.5 Å². The number of carbonyl (C=O) groups is 8. The second-order valence-electron chi connectivity index (χ2n) is 16.5. The number of hydrogen-bond donors (Lipinski definition) is 8. The highest BCUT2D eigenvalue weighted by Crippen LogP contribution is 2.14. The summed E-state index contributed by atoms with van der Waals surface area (Å²) in [6.45, 7) is 5.15. The molecule has 0 aromatic rings. The fourth-order valence-corrected chi connectivity index (χ4v) is 6.50. The van der Waals surface area contributed by atoms with Gasteiger partial charge in [-0.25, -0.2) is 4.79 Å². The SMILES string of the molecule is CCCCNC(=O)COCCOCCNC(=O)COCCOCCNC(=O)CCCNC(=O)CCC(NC(=O)CCCNC(=O)CCCCCCCCCCCCCCCCC(=O)O)C(=O)O. The third-order valence-electron chi connectivity index (χ3n) is 10.3. The predicted molar refractivity (Wildman–Crippen MR) is 252 cm³/mol. The van der Waals surface area contributed by atoms with E-state index in [1.807, 2.05) is 6.92 Å². The van der Waals surface area contributed by atoms with Gasteiger partial charge in [0.25, 0.3) is 0 Å². The van der Waals surface area contributed by atoms with E-state index >= 15 is 0 Å². The van der Waals surface area contributed by atoms with Crippen LogP contribution in [0.1, 0.15) is 161 Å². The fraction of sp³-hybridized carbons (Fsp3) is 0.830. The lowest BCUT2D eigenvalue weighted by atomic mass is 10.0. The molecule has 0 aromatic heterocycles. The van der Waals surface area contributed by atoms with Crippen molar-refractivity contribution in [2.45, 2.75) is 167 Å². The Morgan fingerprint density at radius 1 is 0.373 bits per heavy atom. The molecule has 388 valence electrons. The molecule has 0 heterocycles. The van der Waals surface area contributed by atoms with Gasteiger partial charge in [-0.1, -0.05) is 90.4 Å². The molecule has 0 spiro atoms. The van der Waals surface area contributed by atoms with Crippen LogP contribution in [0.5, 0.6) is 0 Å². The fourth-order valence-electron chi connectivity index (χ4n) is 6.50. The Bertz CT molecular complexity index is 1340. The third kappa shape index (κ3) is 46.5. The van der Waals surface area contributed by atoms with Crippen LogP contribution in [-0.4, -0.2) is 149 Å². The van der Waals surface area contributed by atoms with Crippen molar-refractivity contribution >= 4 is 47.4 Å². The molecule has 0 saturated carbocycles. The summed E-state index contributed by atoms with van der Waals surface area (Å²) in [6.07, 6.45) is 18.9. The first kappa shape index (κ1) is 62.6. The minimum absolute atomic E-state index is 0.0153. The topological polar surface area (TPSA) is 286 Å². The van der Waals surface area contributed by atoms with Crippen LogP contribution in [0.15, 0.2) is 0 Å². The number of hydrogen-bond acceptors (Lipinski definition) is 12. The second-order valence-corrected chi connectivity index (χ2v) is 16.5. The summed E-state index contributed by atoms with van der Waals surface area (Å²) in [5.74, 6) is -3.58. The highest BCUT2D eigenvalue weighted by atomic mass is 16.5. The van der Waals surface area contributed by atoms with Gasteiger partial charge in [0.05, 0.1) is 39.6 Å².